The standard InChI is InChI=1S/C22H26Cl2O2/c1-13-14(11-21(2,3)4)12-22(13,15-5-7-19(25)17(23)9-15)16-6-8-20(26)18(24)10-16/h5-10,13-14,25-26H,11-12H2,1-4H3. The van der Waals surface area contributed by atoms with Gasteiger partial charge in [0.15, 0.2) is 0 Å². The van der Waals surface area contributed by atoms with Gasteiger partial charge in [0.25, 0.3) is 0 Å². The molecule has 1 aliphatic rings. The van der Waals surface area contributed by atoms with Gasteiger partial charge in [-0.3, -0.25) is 0 Å². The highest BCUT2D eigenvalue weighted by atomic mass is 35.5. The van der Waals surface area contributed by atoms with Gasteiger partial charge in [-0.15, -0.1) is 0 Å². The van der Waals surface area contributed by atoms with E-state index in [1.54, 1.807) is 12.1 Å². The fourth-order valence-electron chi connectivity index (χ4n) is 4.55. The maximum Gasteiger partial charge on any atom is 0.134 e. The third kappa shape index (κ3) is 3.30. The summed E-state index contributed by atoms with van der Waals surface area (Å²) in [5.74, 6) is 1.16. The van der Waals surface area contributed by atoms with Gasteiger partial charge in [0.1, 0.15) is 11.5 Å². The molecule has 1 fully saturated rings. The summed E-state index contributed by atoms with van der Waals surface area (Å²) in [4.78, 5) is 0. The molecule has 2 aromatic carbocycles. The van der Waals surface area contributed by atoms with Gasteiger partial charge >= 0.3 is 0 Å². The molecule has 0 radical (unpaired) electrons. The van der Waals surface area contributed by atoms with Crippen molar-refractivity contribution < 1.29 is 10.2 Å². The molecule has 2 atom stereocenters. The third-order valence-electron chi connectivity index (χ3n) is 5.87. The molecule has 2 nitrogen and oxygen atoms in total. The van der Waals surface area contributed by atoms with Crippen molar-refractivity contribution >= 4 is 23.2 Å². The Balaban J connectivity index is 2.08. The Labute approximate surface area is 165 Å². The molecular weight excluding hydrogens is 367 g/mol. The smallest absolute Gasteiger partial charge is 0.134 e. The monoisotopic (exact) mass is 392 g/mol. The maximum absolute atomic E-state index is 9.84. The largest absolute Gasteiger partial charge is 0.506 e. The zero-order valence-electron chi connectivity index (χ0n) is 15.7. The Hall–Kier alpha value is -1.38. The van der Waals surface area contributed by atoms with E-state index >= 15 is 0 Å². The molecule has 0 spiro atoms. The quantitative estimate of drug-likeness (QED) is 0.603. The fourth-order valence-corrected chi connectivity index (χ4v) is 4.91. The Morgan fingerprint density at radius 1 is 0.962 bits per heavy atom. The molecule has 4 heteroatoms. The molecule has 1 aliphatic carbocycles. The average molecular weight is 393 g/mol. The Kier molecular flexibility index (Phi) is 4.96. The van der Waals surface area contributed by atoms with Crippen LogP contribution in [0.3, 0.4) is 0 Å². The summed E-state index contributed by atoms with van der Waals surface area (Å²) >= 11 is 12.4. The van der Waals surface area contributed by atoms with Crippen LogP contribution < -0.4 is 0 Å². The van der Waals surface area contributed by atoms with Crippen LogP contribution in [0, 0.1) is 17.3 Å². The van der Waals surface area contributed by atoms with E-state index < -0.39 is 0 Å². The first kappa shape index (κ1) is 19.4. The second-order valence-electron chi connectivity index (χ2n) is 8.82. The van der Waals surface area contributed by atoms with Crippen LogP contribution in [-0.4, -0.2) is 10.2 Å². The minimum Gasteiger partial charge on any atom is -0.506 e. The normalized spacial score (nSPS) is 22.1. The average Bonchev–Trinajstić information content (AvgIpc) is 2.55. The van der Waals surface area contributed by atoms with Crippen molar-refractivity contribution in [1.29, 1.82) is 0 Å². The van der Waals surface area contributed by atoms with Gasteiger partial charge in [-0.2, -0.15) is 0 Å². The summed E-state index contributed by atoms with van der Waals surface area (Å²) in [5, 5.41) is 20.4. The molecule has 2 N–H and O–H groups in total. The van der Waals surface area contributed by atoms with Crippen LogP contribution in [-0.2, 0) is 5.41 Å². The van der Waals surface area contributed by atoms with Crippen molar-refractivity contribution in [3.63, 3.8) is 0 Å². The number of phenolic OH excluding ortho intramolecular Hbond substituents is 2. The van der Waals surface area contributed by atoms with E-state index in [2.05, 4.69) is 27.7 Å². The van der Waals surface area contributed by atoms with Gasteiger partial charge in [0.2, 0.25) is 0 Å². The van der Waals surface area contributed by atoms with E-state index in [9.17, 15) is 10.2 Å². The highest BCUT2D eigenvalue weighted by Gasteiger charge is 2.53. The Morgan fingerprint density at radius 3 is 1.77 bits per heavy atom. The zero-order chi connectivity index (χ0) is 19.3. The van der Waals surface area contributed by atoms with Crippen LogP contribution in [0.25, 0.3) is 0 Å². The molecule has 0 heterocycles. The number of halogens is 2. The van der Waals surface area contributed by atoms with E-state index in [-0.39, 0.29) is 22.3 Å². The molecule has 1 saturated carbocycles. The molecule has 26 heavy (non-hydrogen) atoms. The van der Waals surface area contributed by atoms with Crippen molar-refractivity contribution in [2.75, 3.05) is 0 Å². The molecule has 0 aliphatic heterocycles. The van der Waals surface area contributed by atoms with E-state index in [0.29, 0.717) is 21.9 Å². The number of aromatic hydroxyl groups is 2. The molecule has 140 valence electrons. The molecule has 0 bridgehead atoms. The van der Waals surface area contributed by atoms with Gasteiger partial charge < -0.3 is 10.2 Å². The first-order valence-corrected chi connectivity index (χ1v) is 9.78. The summed E-state index contributed by atoms with van der Waals surface area (Å²) in [6.45, 7) is 9.10. The van der Waals surface area contributed by atoms with Gasteiger partial charge in [-0.1, -0.05) is 63.0 Å². The zero-order valence-corrected chi connectivity index (χ0v) is 17.2. The lowest BCUT2D eigenvalue weighted by molar-refractivity contribution is 0.0435. The summed E-state index contributed by atoms with van der Waals surface area (Å²) in [6.07, 6.45) is 2.14. The van der Waals surface area contributed by atoms with Crippen molar-refractivity contribution in [1.82, 2.24) is 0 Å². The minimum atomic E-state index is -0.218. The molecule has 0 aromatic heterocycles. The predicted octanol–water partition coefficient (Wildman–Crippen LogP) is 6.78. The second-order valence-corrected chi connectivity index (χ2v) is 9.64. The van der Waals surface area contributed by atoms with Crippen LogP contribution in [0.5, 0.6) is 11.5 Å². The van der Waals surface area contributed by atoms with Crippen molar-refractivity contribution in [2.24, 2.45) is 17.3 Å². The van der Waals surface area contributed by atoms with E-state index in [0.717, 1.165) is 24.0 Å². The number of hydrogen-bond acceptors (Lipinski definition) is 2. The predicted molar refractivity (Wildman–Crippen MR) is 108 cm³/mol. The number of benzene rings is 2. The number of phenols is 2. The van der Waals surface area contributed by atoms with Crippen LogP contribution >= 0.6 is 23.2 Å². The van der Waals surface area contributed by atoms with E-state index in [4.69, 9.17) is 23.2 Å². The lowest BCUT2D eigenvalue weighted by Gasteiger charge is -2.56. The highest BCUT2D eigenvalue weighted by molar-refractivity contribution is 6.32. The molecular formula is C22H26Cl2O2. The SMILES string of the molecule is CC1C(CC(C)(C)C)CC1(c1ccc(O)c(Cl)c1)c1ccc(O)c(Cl)c1. The van der Waals surface area contributed by atoms with Gasteiger partial charge in [-0.05, 0) is 65.5 Å². The summed E-state index contributed by atoms with van der Waals surface area (Å²) in [6, 6.07) is 10.9. The molecule has 0 amide bonds. The maximum atomic E-state index is 9.84. The van der Waals surface area contributed by atoms with Crippen molar-refractivity contribution in [3.05, 3.63) is 57.6 Å². The van der Waals surface area contributed by atoms with Crippen molar-refractivity contribution in [3.8, 4) is 11.5 Å². The second kappa shape index (κ2) is 6.65. The lowest BCUT2D eigenvalue weighted by atomic mass is 9.47. The van der Waals surface area contributed by atoms with Gasteiger partial charge in [-0.25, -0.2) is 0 Å². The summed E-state index contributed by atoms with van der Waals surface area (Å²) in [5.41, 5.74) is 2.22. The molecule has 2 unspecified atom stereocenters. The van der Waals surface area contributed by atoms with Gasteiger partial charge in [0.05, 0.1) is 10.0 Å². The Bertz CT molecular complexity index is 772. The number of hydrogen-bond donors (Lipinski definition) is 2. The molecule has 2 aromatic rings. The van der Waals surface area contributed by atoms with Crippen LogP contribution in [0.2, 0.25) is 10.0 Å². The van der Waals surface area contributed by atoms with E-state index in [1.165, 1.54) is 0 Å². The topological polar surface area (TPSA) is 40.5 Å². The number of rotatable bonds is 3. The van der Waals surface area contributed by atoms with Crippen LogP contribution in [0.4, 0.5) is 0 Å². The lowest BCUT2D eigenvalue weighted by Crippen LogP contribution is -2.51. The third-order valence-corrected chi connectivity index (χ3v) is 6.47. The summed E-state index contributed by atoms with van der Waals surface area (Å²) in [7, 11) is 0. The van der Waals surface area contributed by atoms with E-state index in [1.807, 2.05) is 24.3 Å². The van der Waals surface area contributed by atoms with Crippen molar-refractivity contribution in [2.45, 2.75) is 46.0 Å². The molecule has 0 saturated heterocycles. The first-order valence-electron chi connectivity index (χ1n) is 9.02. The molecule has 3 rings (SSSR count). The summed E-state index contributed by atoms with van der Waals surface area (Å²) < 4.78 is 0. The van der Waals surface area contributed by atoms with Gasteiger partial charge in [0, 0.05) is 5.41 Å². The minimum absolute atomic E-state index is 0.0903. The fraction of sp³-hybridized carbons (Fsp3) is 0.455. The highest BCUT2D eigenvalue weighted by Crippen LogP contribution is 2.60. The van der Waals surface area contributed by atoms with Crippen LogP contribution in [0.1, 0.15) is 51.7 Å². The first-order chi connectivity index (χ1) is 12.0. The van der Waals surface area contributed by atoms with Crippen LogP contribution in [0.15, 0.2) is 36.4 Å². The Morgan fingerprint density at radius 2 is 1.42 bits per heavy atom.